The normalized spacial score (nSPS) is 20.0. The number of hydrogen-bond acceptors (Lipinski definition) is 6. The summed E-state index contributed by atoms with van der Waals surface area (Å²) in [5.41, 5.74) is 0. The Hall–Kier alpha value is -1.56. The SMILES string of the molecule is CCCNc1ncnc(N2CCN(C)C(C)C2)c1OC. The minimum atomic E-state index is 0.510. The number of likely N-dealkylation sites (N-methyl/N-ethyl adjacent to an activating group) is 1. The maximum atomic E-state index is 5.55. The Labute approximate surface area is 121 Å². The number of hydrogen-bond donors (Lipinski definition) is 1. The molecule has 0 bridgehead atoms. The van der Waals surface area contributed by atoms with E-state index in [9.17, 15) is 0 Å². The molecule has 0 aromatic carbocycles. The average molecular weight is 279 g/mol. The van der Waals surface area contributed by atoms with Gasteiger partial charge in [-0.15, -0.1) is 0 Å². The molecular weight excluding hydrogens is 254 g/mol. The summed E-state index contributed by atoms with van der Waals surface area (Å²) >= 11 is 0. The number of nitrogens with one attached hydrogen (secondary N) is 1. The van der Waals surface area contributed by atoms with Gasteiger partial charge in [-0.3, -0.25) is 0 Å². The van der Waals surface area contributed by atoms with Gasteiger partial charge in [0.2, 0.25) is 5.75 Å². The molecule has 0 spiro atoms. The molecule has 0 amide bonds. The number of nitrogens with zero attached hydrogens (tertiary/aromatic N) is 4. The van der Waals surface area contributed by atoms with Crippen LogP contribution in [0.1, 0.15) is 20.3 Å². The van der Waals surface area contributed by atoms with Crippen LogP contribution in [0.5, 0.6) is 5.75 Å². The Morgan fingerprint density at radius 2 is 2.20 bits per heavy atom. The summed E-state index contributed by atoms with van der Waals surface area (Å²) in [6, 6.07) is 0.510. The van der Waals surface area contributed by atoms with Crippen LogP contribution in [0.3, 0.4) is 0 Å². The zero-order chi connectivity index (χ0) is 14.5. The smallest absolute Gasteiger partial charge is 0.204 e. The molecule has 1 fully saturated rings. The van der Waals surface area contributed by atoms with E-state index in [4.69, 9.17) is 4.74 Å². The van der Waals surface area contributed by atoms with Crippen LogP contribution in [-0.2, 0) is 0 Å². The predicted molar refractivity (Wildman–Crippen MR) is 81.7 cm³/mol. The van der Waals surface area contributed by atoms with E-state index in [2.05, 4.69) is 46.0 Å². The van der Waals surface area contributed by atoms with Crippen molar-refractivity contribution < 1.29 is 4.74 Å². The van der Waals surface area contributed by atoms with Gasteiger partial charge in [-0.05, 0) is 20.4 Å². The van der Waals surface area contributed by atoms with Crippen molar-refractivity contribution in [3.63, 3.8) is 0 Å². The highest BCUT2D eigenvalue weighted by atomic mass is 16.5. The summed E-state index contributed by atoms with van der Waals surface area (Å²) in [6.07, 6.45) is 2.66. The van der Waals surface area contributed by atoms with Crippen LogP contribution in [0.2, 0.25) is 0 Å². The van der Waals surface area contributed by atoms with Crippen molar-refractivity contribution in [2.24, 2.45) is 0 Å². The zero-order valence-electron chi connectivity index (χ0n) is 12.9. The second-order valence-electron chi connectivity index (χ2n) is 5.28. The average Bonchev–Trinajstić information content (AvgIpc) is 2.47. The Balaban J connectivity index is 2.22. The summed E-state index contributed by atoms with van der Waals surface area (Å²) in [6.45, 7) is 8.19. The van der Waals surface area contributed by atoms with Crippen LogP contribution in [-0.4, -0.2) is 61.2 Å². The maximum absolute atomic E-state index is 5.55. The molecular formula is C14H25N5O. The van der Waals surface area contributed by atoms with E-state index >= 15 is 0 Å². The van der Waals surface area contributed by atoms with Crippen LogP contribution in [0, 0.1) is 0 Å². The van der Waals surface area contributed by atoms with Crippen LogP contribution in [0.4, 0.5) is 11.6 Å². The standard InChI is InChI=1S/C14H25N5O/c1-5-6-15-13-12(20-4)14(17-10-16-13)19-8-7-18(3)11(2)9-19/h10-11H,5-9H2,1-4H3,(H,15,16,17). The number of anilines is 2. The molecule has 1 unspecified atom stereocenters. The largest absolute Gasteiger partial charge is 0.490 e. The predicted octanol–water partition coefficient (Wildman–Crippen LogP) is 1.45. The molecule has 20 heavy (non-hydrogen) atoms. The van der Waals surface area contributed by atoms with E-state index in [0.717, 1.165) is 50.0 Å². The number of methoxy groups -OCH3 is 1. The van der Waals surface area contributed by atoms with Crippen LogP contribution < -0.4 is 15.0 Å². The van der Waals surface area contributed by atoms with E-state index < -0.39 is 0 Å². The van der Waals surface area contributed by atoms with E-state index in [1.807, 2.05) is 0 Å². The molecule has 0 aliphatic carbocycles. The molecule has 6 nitrogen and oxygen atoms in total. The van der Waals surface area contributed by atoms with Gasteiger partial charge >= 0.3 is 0 Å². The second-order valence-corrected chi connectivity index (χ2v) is 5.28. The molecule has 2 heterocycles. The van der Waals surface area contributed by atoms with Crippen molar-refractivity contribution in [2.75, 3.05) is 50.6 Å². The lowest BCUT2D eigenvalue weighted by molar-refractivity contribution is 0.232. The molecule has 1 aliphatic heterocycles. The molecule has 1 aliphatic rings. The highest BCUT2D eigenvalue weighted by molar-refractivity contribution is 5.65. The summed E-state index contributed by atoms with van der Waals surface area (Å²) in [4.78, 5) is 13.4. The van der Waals surface area contributed by atoms with Gasteiger partial charge in [0.1, 0.15) is 6.33 Å². The third-order valence-corrected chi connectivity index (χ3v) is 3.79. The molecule has 0 radical (unpaired) electrons. The number of ether oxygens (including phenoxy) is 1. The first kappa shape index (κ1) is 14.8. The first-order valence-corrected chi connectivity index (χ1v) is 7.25. The van der Waals surface area contributed by atoms with Gasteiger partial charge in [-0.1, -0.05) is 6.92 Å². The first-order valence-electron chi connectivity index (χ1n) is 7.25. The molecule has 1 aromatic heterocycles. The molecule has 2 rings (SSSR count). The maximum Gasteiger partial charge on any atom is 0.204 e. The van der Waals surface area contributed by atoms with Crippen molar-refractivity contribution in [3.05, 3.63) is 6.33 Å². The highest BCUT2D eigenvalue weighted by Gasteiger charge is 2.25. The fourth-order valence-corrected chi connectivity index (χ4v) is 2.39. The summed E-state index contributed by atoms with van der Waals surface area (Å²) in [5, 5.41) is 3.30. The Morgan fingerprint density at radius 3 is 2.85 bits per heavy atom. The Kier molecular flexibility index (Phi) is 5.00. The summed E-state index contributed by atoms with van der Waals surface area (Å²) in [5.74, 6) is 2.42. The lowest BCUT2D eigenvalue weighted by Crippen LogP contribution is -2.50. The van der Waals surface area contributed by atoms with E-state index in [0.29, 0.717) is 6.04 Å². The lowest BCUT2D eigenvalue weighted by Gasteiger charge is -2.38. The molecule has 112 valence electrons. The minimum Gasteiger partial charge on any atom is -0.490 e. The monoisotopic (exact) mass is 279 g/mol. The van der Waals surface area contributed by atoms with E-state index in [1.54, 1.807) is 13.4 Å². The molecule has 1 saturated heterocycles. The van der Waals surface area contributed by atoms with Gasteiger partial charge in [-0.25, -0.2) is 9.97 Å². The Morgan fingerprint density at radius 1 is 1.40 bits per heavy atom. The van der Waals surface area contributed by atoms with Gasteiger partial charge in [-0.2, -0.15) is 0 Å². The van der Waals surface area contributed by atoms with E-state index in [1.165, 1.54) is 0 Å². The van der Waals surface area contributed by atoms with Crippen LogP contribution in [0.25, 0.3) is 0 Å². The highest BCUT2D eigenvalue weighted by Crippen LogP contribution is 2.32. The number of piperazine rings is 1. The molecule has 1 aromatic rings. The summed E-state index contributed by atoms with van der Waals surface area (Å²) in [7, 11) is 3.84. The van der Waals surface area contributed by atoms with Crippen LogP contribution >= 0.6 is 0 Å². The molecule has 1 atom stereocenters. The first-order chi connectivity index (χ1) is 9.67. The molecule has 0 saturated carbocycles. The van der Waals surface area contributed by atoms with Crippen molar-refractivity contribution in [1.29, 1.82) is 0 Å². The van der Waals surface area contributed by atoms with Crippen molar-refractivity contribution >= 4 is 11.6 Å². The minimum absolute atomic E-state index is 0.510. The Bertz CT molecular complexity index is 440. The van der Waals surface area contributed by atoms with Crippen molar-refractivity contribution in [3.8, 4) is 5.75 Å². The quantitative estimate of drug-likeness (QED) is 0.880. The van der Waals surface area contributed by atoms with Gasteiger partial charge in [0.25, 0.3) is 0 Å². The third-order valence-electron chi connectivity index (χ3n) is 3.79. The lowest BCUT2D eigenvalue weighted by atomic mass is 10.2. The third kappa shape index (κ3) is 3.12. The summed E-state index contributed by atoms with van der Waals surface area (Å²) < 4.78 is 5.55. The van der Waals surface area contributed by atoms with Gasteiger partial charge in [0, 0.05) is 32.2 Å². The molecule has 1 N–H and O–H groups in total. The fraction of sp³-hybridized carbons (Fsp3) is 0.714. The number of aromatic nitrogens is 2. The van der Waals surface area contributed by atoms with Crippen molar-refractivity contribution in [1.82, 2.24) is 14.9 Å². The van der Waals surface area contributed by atoms with Gasteiger partial charge < -0.3 is 19.9 Å². The fourth-order valence-electron chi connectivity index (χ4n) is 2.39. The van der Waals surface area contributed by atoms with Crippen LogP contribution in [0.15, 0.2) is 6.33 Å². The zero-order valence-corrected chi connectivity index (χ0v) is 12.9. The topological polar surface area (TPSA) is 53.5 Å². The van der Waals surface area contributed by atoms with E-state index in [-0.39, 0.29) is 0 Å². The van der Waals surface area contributed by atoms with Gasteiger partial charge in [0.05, 0.1) is 7.11 Å². The second kappa shape index (κ2) is 6.74. The van der Waals surface area contributed by atoms with Gasteiger partial charge in [0.15, 0.2) is 11.6 Å². The number of rotatable bonds is 5. The van der Waals surface area contributed by atoms with Crippen molar-refractivity contribution in [2.45, 2.75) is 26.3 Å². The molecule has 6 heteroatoms.